The number of nitrogens with zero attached hydrogens (tertiary/aromatic N) is 1. The normalized spacial score (nSPS) is 10.6. The van der Waals surface area contributed by atoms with E-state index in [1.807, 2.05) is 23.6 Å². The first-order valence-electron chi connectivity index (χ1n) is 8.68. The van der Waals surface area contributed by atoms with Crippen LogP contribution in [-0.4, -0.2) is 25.1 Å². The van der Waals surface area contributed by atoms with Crippen LogP contribution in [-0.2, 0) is 17.8 Å². The van der Waals surface area contributed by atoms with Crippen LogP contribution in [0.1, 0.15) is 16.8 Å². The van der Waals surface area contributed by atoms with E-state index < -0.39 is 0 Å². The monoisotopic (exact) mass is 400 g/mol. The molecule has 3 rings (SSSR count). The first-order valence-corrected chi connectivity index (χ1v) is 9.56. The highest BCUT2D eigenvalue weighted by Gasteiger charge is 2.12. The second kappa shape index (κ2) is 8.84. The lowest BCUT2D eigenvalue weighted by Gasteiger charge is -2.08. The van der Waals surface area contributed by atoms with Gasteiger partial charge in [0.05, 0.1) is 26.3 Å². The number of benzene rings is 2. The van der Waals surface area contributed by atoms with Gasteiger partial charge in [0.1, 0.15) is 10.8 Å². The summed E-state index contributed by atoms with van der Waals surface area (Å²) in [5.41, 5.74) is 2.88. The van der Waals surface area contributed by atoms with E-state index in [2.05, 4.69) is 10.3 Å². The number of ether oxygens (including phenoxy) is 2. The summed E-state index contributed by atoms with van der Waals surface area (Å²) in [7, 11) is 3.17. The van der Waals surface area contributed by atoms with Crippen LogP contribution in [0.2, 0.25) is 0 Å². The van der Waals surface area contributed by atoms with Crippen LogP contribution in [0.5, 0.6) is 11.5 Å². The Kier molecular flexibility index (Phi) is 6.26. The third-order valence-corrected chi connectivity index (χ3v) is 5.19. The number of nitrogens with one attached hydrogen (secondary N) is 1. The molecule has 3 aromatic rings. The van der Waals surface area contributed by atoms with Gasteiger partial charge in [0.2, 0.25) is 5.91 Å². The zero-order valence-corrected chi connectivity index (χ0v) is 16.7. The maximum absolute atomic E-state index is 13.6. The van der Waals surface area contributed by atoms with Crippen molar-refractivity contribution < 1.29 is 18.7 Å². The molecule has 0 spiro atoms. The summed E-state index contributed by atoms with van der Waals surface area (Å²) in [6, 6.07) is 10.5. The van der Waals surface area contributed by atoms with Crippen LogP contribution in [0.4, 0.5) is 4.39 Å². The maximum atomic E-state index is 13.6. The summed E-state index contributed by atoms with van der Waals surface area (Å²) >= 11 is 1.46. The van der Waals surface area contributed by atoms with Gasteiger partial charge in [-0.3, -0.25) is 4.79 Å². The van der Waals surface area contributed by atoms with Gasteiger partial charge in [0.15, 0.2) is 11.5 Å². The van der Waals surface area contributed by atoms with Crippen molar-refractivity contribution in [1.82, 2.24) is 10.3 Å². The number of aryl methyl sites for hydroxylation is 1. The molecular formula is C21H21FN2O3S. The van der Waals surface area contributed by atoms with Gasteiger partial charge in [0.25, 0.3) is 0 Å². The van der Waals surface area contributed by atoms with Crippen molar-refractivity contribution >= 4 is 17.2 Å². The van der Waals surface area contributed by atoms with Crippen LogP contribution in [0.3, 0.4) is 0 Å². The van der Waals surface area contributed by atoms with E-state index in [-0.39, 0.29) is 24.7 Å². The number of hydrogen-bond donors (Lipinski definition) is 1. The van der Waals surface area contributed by atoms with Crippen molar-refractivity contribution in [3.05, 3.63) is 64.4 Å². The first-order chi connectivity index (χ1) is 13.5. The van der Waals surface area contributed by atoms with E-state index >= 15 is 0 Å². The minimum absolute atomic E-state index is 0.162. The molecule has 0 saturated heterocycles. The Hall–Kier alpha value is -2.93. The maximum Gasteiger partial charge on any atom is 0.226 e. The van der Waals surface area contributed by atoms with Gasteiger partial charge in [-0.1, -0.05) is 12.1 Å². The molecule has 1 amide bonds. The average molecular weight is 400 g/mol. The number of aromatic nitrogens is 1. The van der Waals surface area contributed by atoms with Crippen LogP contribution in [0.15, 0.2) is 41.8 Å². The molecule has 7 heteroatoms. The lowest BCUT2D eigenvalue weighted by molar-refractivity contribution is -0.120. The van der Waals surface area contributed by atoms with Crippen molar-refractivity contribution in [1.29, 1.82) is 0 Å². The van der Waals surface area contributed by atoms with E-state index in [1.54, 1.807) is 33.3 Å². The second-order valence-electron chi connectivity index (χ2n) is 6.25. The molecule has 5 nitrogen and oxygen atoms in total. The smallest absolute Gasteiger partial charge is 0.226 e. The molecule has 1 heterocycles. The standard InChI is InChI=1S/C21H21FN2O3S/c1-13-4-5-14(8-17(13)22)11-23-20(25)10-16-12-28-21(24-16)15-6-7-18(26-2)19(9-15)27-3/h4-9,12H,10-11H2,1-3H3,(H,23,25). The summed E-state index contributed by atoms with van der Waals surface area (Å²) in [5, 5.41) is 5.45. The molecular weight excluding hydrogens is 379 g/mol. The Morgan fingerprint density at radius 3 is 2.64 bits per heavy atom. The highest BCUT2D eigenvalue weighted by molar-refractivity contribution is 7.13. The van der Waals surface area contributed by atoms with Gasteiger partial charge in [-0.25, -0.2) is 9.37 Å². The summed E-state index contributed by atoms with van der Waals surface area (Å²) in [5.74, 6) is 0.839. The van der Waals surface area contributed by atoms with Crippen molar-refractivity contribution in [3.63, 3.8) is 0 Å². The molecule has 0 unspecified atom stereocenters. The highest BCUT2D eigenvalue weighted by Crippen LogP contribution is 2.33. The van der Waals surface area contributed by atoms with Gasteiger partial charge in [-0.15, -0.1) is 11.3 Å². The van der Waals surface area contributed by atoms with Crippen molar-refractivity contribution in [3.8, 4) is 22.1 Å². The quantitative estimate of drug-likeness (QED) is 0.648. The summed E-state index contributed by atoms with van der Waals surface area (Å²) < 4.78 is 24.1. The van der Waals surface area contributed by atoms with E-state index in [1.165, 1.54) is 17.4 Å². The Morgan fingerprint density at radius 2 is 1.93 bits per heavy atom. The fourth-order valence-corrected chi connectivity index (χ4v) is 3.48. The van der Waals surface area contributed by atoms with Crippen LogP contribution >= 0.6 is 11.3 Å². The van der Waals surface area contributed by atoms with Gasteiger partial charge in [0, 0.05) is 17.5 Å². The van der Waals surface area contributed by atoms with E-state index in [9.17, 15) is 9.18 Å². The molecule has 0 fully saturated rings. The second-order valence-corrected chi connectivity index (χ2v) is 7.11. The lowest BCUT2D eigenvalue weighted by Crippen LogP contribution is -2.24. The molecule has 1 N–H and O–H groups in total. The zero-order valence-electron chi connectivity index (χ0n) is 15.9. The van der Waals surface area contributed by atoms with Crippen molar-refractivity contribution in [2.45, 2.75) is 19.9 Å². The summed E-state index contributed by atoms with van der Waals surface area (Å²) in [4.78, 5) is 16.7. The lowest BCUT2D eigenvalue weighted by atomic mass is 10.1. The number of hydrogen-bond acceptors (Lipinski definition) is 5. The predicted octanol–water partition coefficient (Wildman–Crippen LogP) is 4.13. The fraction of sp³-hybridized carbons (Fsp3) is 0.238. The Morgan fingerprint density at radius 1 is 1.14 bits per heavy atom. The van der Waals surface area contributed by atoms with Gasteiger partial charge < -0.3 is 14.8 Å². The highest BCUT2D eigenvalue weighted by atomic mass is 32.1. The molecule has 0 aliphatic carbocycles. The SMILES string of the molecule is COc1ccc(-c2nc(CC(=O)NCc3ccc(C)c(F)c3)cs2)cc1OC. The Bertz CT molecular complexity index is 988. The van der Waals surface area contributed by atoms with Crippen LogP contribution in [0.25, 0.3) is 10.6 Å². The summed E-state index contributed by atoms with van der Waals surface area (Å²) in [6.07, 6.45) is 0.165. The molecule has 0 radical (unpaired) electrons. The predicted molar refractivity (Wildman–Crippen MR) is 107 cm³/mol. The molecule has 0 aliphatic rings. The van der Waals surface area contributed by atoms with Gasteiger partial charge in [-0.05, 0) is 42.3 Å². The van der Waals surface area contributed by atoms with Crippen molar-refractivity contribution in [2.75, 3.05) is 14.2 Å². The van der Waals surface area contributed by atoms with Gasteiger partial charge in [-0.2, -0.15) is 0 Å². The third kappa shape index (κ3) is 4.67. The third-order valence-electron chi connectivity index (χ3n) is 4.25. The minimum atomic E-state index is -0.272. The largest absolute Gasteiger partial charge is 0.493 e. The van der Waals surface area contributed by atoms with Crippen molar-refractivity contribution in [2.24, 2.45) is 0 Å². The fourth-order valence-electron chi connectivity index (χ4n) is 2.66. The number of halogens is 1. The molecule has 0 bridgehead atoms. The van der Waals surface area contributed by atoms with Crippen LogP contribution < -0.4 is 14.8 Å². The van der Waals surface area contributed by atoms with E-state index in [0.717, 1.165) is 16.1 Å². The van der Waals surface area contributed by atoms with E-state index in [4.69, 9.17) is 9.47 Å². The molecule has 0 saturated carbocycles. The number of rotatable bonds is 7. The Labute approximate surface area is 167 Å². The number of amides is 1. The molecule has 0 aliphatic heterocycles. The minimum Gasteiger partial charge on any atom is -0.493 e. The first kappa shape index (κ1) is 19.8. The number of methoxy groups -OCH3 is 2. The number of carbonyl (C=O) groups is 1. The molecule has 0 atom stereocenters. The topological polar surface area (TPSA) is 60.5 Å². The Balaban J connectivity index is 1.62. The average Bonchev–Trinajstić information content (AvgIpc) is 3.16. The molecule has 1 aromatic heterocycles. The molecule has 146 valence electrons. The zero-order chi connectivity index (χ0) is 20.1. The van der Waals surface area contributed by atoms with Gasteiger partial charge >= 0.3 is 0 Å². The number of thiazole rings is 1. The molecule has 2 aromatic carbocycles. The van der Waals surface area contributed by atoms with E-state index in [0.29, 0.717) is 22.8 Å². The number of carbonyl (C=O) groups excluding carboxylic acids is 1. The summed E-state index contributed by atoms with van der Waals surface area (Å²) in [6.45, 7) is 1.98. The molecule has 28 heavy (non-hydrogen) atoms. The van der Waals surface area contributed by atoms with Crippen LogP contribution in [0, 0.1) is 12.7 Å².